The van der Waals surface area contributed by atoms with E-state index in [4.69, 9.17) is 4.74 Å². The van der Waals surface area contributed by atoms with Crippen LogP contribution < -0.4 is 5.32 Å². The van der Waals surface area contributed by atoms with Crippen LogP contribution in [0.25, 0.3) is 0 Å². The van der Waals surface area contributed by atoms with Crippen molar-refractivity contribution in [3.8, 4) is 0 Å². The van der Waals surface area contributed by atoms with Gasteiger partial charge in [-0.3, -0.25) is 15.2 Å². The van der Waals surface area contributed by atoms with Gasteiger partial charge in [0.05, 0.1) is 0 Å². The fraction of sp³-hybridized carbons (Fsp3) is 0.667. The van der Waals surface area contributed by atoms with Gasteiger partial charge in [0.1, 0.15) is 11.4 Å². The SMILES string of the molecule is C=C/C(=C\C(=NC)NC(=O)OC(C)(C)C)CN(C)C(C)C(C)C. The number of alkyl carbamates (subject to hydrolysis) is 1. The number of likely N-dealkylation sites (N-methyl/N-ethyl adjacent to an activating group) is 1. The van der Waals surface area contributed by atoms with E-state index in [1.54, 1.807) is 13.1 Å². The van der Waals surface area contributed by atoms with Crippen LogP contribution in [-0.4, -0.2) is 49.1 Å². The summed E-state index contributed by atoms with van der Waals surface area (Å²) in [7, 11) is 3.70. The Morgan fingerprint density at radius 2 is 1.91 bits per heavy atom. The van der Waals surface area contributed by atoms with Gasteiger partial charge in [-0.1, -0.05) is 26.5 Å². The molecule has 1 atom stereocenters. The third-order valence-corrected chi connectivity index (χ3v) is 3.55. The summed E-state index contributed by atoms with van der Waals surface area (Å²) in [5.74, 6) is 1.02. The second-order valence-electron chi connectivity index (χ2n) is 7.06. The summed E-state index contributed by atoms with van der Waals surface area (Å²) < 4.78 is 5.24. The normalized spacial score (nSPS) is 14.9. The van der Waals surface area contributed by atoms with E-state index in [1.807, 2.05) is 26.8 Å². The number of aliphatic imine (C=N–C) groups is 1. The van der Waals surface area contributed by atoms with Gasteiger partial charge in [0, 0.05) is 19.6 Å². The number of hydrogen-bond donors (Lipinski definition) is 1. The highest BCUT2D eigenvalue weighted by Gasteiger charge is 2.17. The molecule has 5 nitrogen and oxygen atoms in total. The summed E-state index contributed by atoms with van der Waals surface area (Å²) in [6.07, 6.45) is 3.09. The fourth-order valence-corrected chi connectivity index (χ4v) is 1.85. The van der Waals surface area contributed by atoms with Crippen LogP contribution in [0.1, 0.15) is 41.5 Å². The first-order valence-corrected chi connectivity index (χ1v) is 8.00. The number of nitrogens with one attached hydrogen (secondary N) is 1. The Hall–Kier alpha value is -1.62. The van der Waals surface area contributed by atoms with Crippen molar-refractivity contribution in [1.82, 2.24) is 10.2 Å². The number of amidine groups is 1. The van der Waals surface area contributed by atoms with Gasteiger partial charge in [0.25, 0.3) is 0 Å². The number of ether oxygens (including phenoxy) is 1. The van der Waals surface area contributed by atoms with Crippen molar-refractivity contribution in [1.29, 1.82) is 0 Å². The molecule has 0 fully saturated rings. The quantitative estimate of drug-likeness (QED) is 0.461. The first kappa shape index (κ1) is 21.4. The topological polar surface area (TPSA) is 53.9 Å². The highest BCUT2D eigenvalue weighted by molar-refractivity contribution is 6.02. The summed E-state index contributed by atoms with van der Waals surface area (Å²) in [6, 6.07) is 0.444. The molecule has 1 amide bonds. The third-order valence-electron chi connectivity index (χ3n) is 3.55. The Bertz CT molecular complexity index is 459. The van der Waals surface area contributed by atoms with E-state index in [0.717, 1.165) is 12.1 Å². The number of carbonyl (C=O) groups is 1. The van der Waals surface area contributed by atoms with Gasteiger partial charge in [0.2, 0.25) is 0 Å². The molecule has 0 radical (unpaired) electrons. The van der Waals surface area contributed by atoms with Crippen molar-refractivity contribution in [3.05, 3.63) is 24.3 Å². The minimum atomic E-state index is -0.541. The van der Waals surface area contributed by atoms with Crippen molar-refractivity contribution in [2.45, 2.75) is 53.2 Å². The predicted octanol–water partition coefficient (Wildman–Crippen LogP) is 3.63. The minimum Gasteiger partial charge on any atom is -0.444 e. The largest absolute Gasteiger partial charge is 0.444 e. The number of amides is 1. The molecule has 0 rings (SSSR count). The molecule has 0 saturated heterocycles. The molecule has 132 valence electrons. The Balaban J connectivity index is 4.92. The molecular formula is C18H33N3O2. The molecule has 0 aromatic rings. The fourth-order valence-electron chi connectivity index (χ4n) is 1.85. The van der Waals surface area contributed by atoms with Crippen LogP contribution in [0.3, 0.4) is 0 Å². The molecule has 0 heterocycles. The van der Waals surface area contributed by atoms with Crippen LogP contribution in [0.15, 0.2) is 29.3 Å². The van der Waals surface area contributed by atoms with Gasteiger partial charge in [-0.15, -0.1) is 0 Å². The molecule has 0 aromatic heterocycles. The zero-order valence-electron chi connectivity index (χ0n) is 15.9. The summed E-state index contributed by atoms with van der Waals surface area (Å²) >= 11 is 0. The van der Waals surface area contributed by atoms with Crippen molar-refractivity contribution in [2.75, 3.05) is 20.6 Å². The summed E-state index contributed by atoms with van der Waals surface area (Å²) in [5, 5.41) is 2.66. The molecule has 0 spiro atoms. The average molecular weight is 323 g/mol. The third kappa shape index (κ3) is 9.18. The van der Waals surface area contributed by atoms with Crippen molar-refractivity contribution >= 4 is 11.9 Å². The van der Waals surface area contributed by atoms with Gasteiger partial charge in [0.15, 0.2) is 0 Å². The molecule has 23 heavy (non-hydrogen) atoms. The molecule has 0 aliphatic heterocycles. The van der Waals surface area contributed by atoms with Crippen molar-refractivity contribution in [3.63, 3.8) is 0 Å². The number of carbonyl (C=O) groups excluding carboxylic acids is 1. The second kappa shape index (κ2) is 9.50. The summed E-state index contributed by atoms with van der Waals surface area (Å²) in [5.41, 5.74) is 0.442. The first-order valence-electron chi connectivity index (χ1n) is 8.00. The Morgan fingerprint density at radius 1 is 1.35 bits per heavy atom. The van der Waals surface area contributed by atoms with E-state index in [1.165, 1.54) is 0 Å². The molecule has 0 aromatic carbocycles. The molecule has 1 N–H and O–H groups in total. The van der Waals surface area contributed by atoms with E-state index in [9.17, 15) is 4.79 Å². The first-order chi connectivity index (χ1) is 10.5. The van der Waals surface area contributed by atoms with Gasteiger partial charge >= 0.3 is 6.09 Å². The standard InChI is InChI=1S/C18H33N3O2/c1-10-15(12-21(9)14(4)13(2)3)11-16(19-8)20-17(22)23-18(5,6)7/h10-11,13-14H,1,12H2,2-9H3,(H,19,20,22)/b15-11+. The maximum Gasteiger partial charge on any atom is 0.413 e. The minimum absolute atomic E-state index is 0.444. The number of nitrogens with zero attached hydrogens (tertiary/aromatic N) is 2. The molecule has 1 unspecified atom stereocenters. The lowest BCUT2D eigenvalue weighted by molar-refractivity contribution is 0.0563. The molecule has 0 aliphatic carbocycles. The van der Waals surface area contributed by atoms with Crippen LogP contribution in [0, 0.1) is 5.92 Å². The molecule has 0 aliphatic rings. The van der Waals surface area contributed by atoms with E-state index in [2.05, 4.69) is 49.6 Å². The lowest BCUT2D eigenvalue weighted by Gasteiger charge is -2.28. The van der Waals surface area contributed by atoms with Gasteiger partial charge in [-0.05, 0) is 52.3 Å². The summed E-state index contributed by atoms with van der Waals surface area (Å²) in [6.45, 7) is 16.6. The van der Waals surface area contributed by atoms with Crippen molar-refractivity contribution < 1.29 is 9.53 Å². The van der Waals surface area contributed by atoms with Crippen LogP contribution in [-0.2, 0) is 4.74 Å². The van der Waals surface area contributed by atoms with E-state index in [0.29, 0.717) is 17.8 Å². The average Bonchev–Trinajstić information content (AvgIpc) is 2.42. The second-order valence-corrected chi connectivity index (χ2v) is 7.06. The highest BCUT2D eigenvalue weighted by atomic mass is 16.6. The molecule has 0 bridgehead atoms. The number of hydrogen-bond acceptors (Lipinski definition) is 4. The van der Waals surface area contributed by atoms with E-state index in [-0.39, 0.29) is 0 Å². The van der Waals surface area contributed by atoms with Crippen LogP contribution >= 0.6 is 0 Å². The van der Waals surface area contributed by atoms with Gasteiger partial charge in [-0.25, -0.2) is 4.79 Å². The van der Waals surface area contributed by atoms with Gasteiger partial charge < -0.3 is 4.74 Å². The summed E-state index contributed by atoms with van der Waals surface area (Å²) in [4.78, 5) is 18.2. The monoisotopic (exact) mass is 323 g/mol. The van der Waals surface area contributed by atoms with Crippen LogP contribution in [0.4, 0.5) is 4.79 Å². The lowest BCUT2D eigenvalue weighted by atomic mass is 10.0. The maximum atomic E-state index is 11.8. The Labute approximate surface area is 141 Å². The number of rotatable bonds is 6. The molecular weight excluding hydrogens is 290 g/mol. The van der Waals surface area contributed by atoms with E-state index >= 15 is 0 Å². The zero-order chi connectivity index (χ0) is 18.2. The lowest BCUT2D eigenvalue weighted by Crippen LogP contribution is -2.37. The Kier molecular flexibility index (Phi) is 8.83. The van der Waals surface area contributed by atoms with Gasteiger partial charge in [-0.2, -0.15) is 0 Å². The maximum absolute atomic E-state index is 11.8. The zero-order valence-corrected chi connectivity index (χ0v) is 15.9. The predicted molar refractivity (Wildman–Crippen MR) is 97.9 cm³/mol. The smallest absolute Gasteiger partial charge is 0.413 e. The highest BCUT2D eigenvalue weighted by Crippen LogP contribution is 2.11. The van der Waals surface area contributed by atoms with Crippen LogP contribution in [0.5, 0.6) is 0 Å². The van der Waals surface area contributed by atoms with Crippen LogP contribution in [0.2, 0.25) is 0 Å². The van der Waals surface area contributed by atoms with Crippen molar-refractivity contribution in [2.24, 2.45) is 10.9 Å². The Morgan fingerprint density at radius 3 is 2.30 bits per heavy atom. The van der Waals surface area contributed by atoms with E-state index < -0.39 is 11.7 Å². The molecule has 5 heteroatoms. The molecule has 0 saturated carbocycles.